The minimum absolute atomic E-state index is 0.114. The summed E-state index contributed by atoms with van der Waals surface area (Å²) in [7, 11) is 0. The fourth-order valence-electron chi connectivity index (χ4n) is 2.24. The van der Waals surface area contributed by atoms with Gasteiger partial charge in [0.25, 0.3) is 5.91 Å². The molecule has 0 spiro atoms. The molecule has 5 heteroatoms. The van der Waals surface area contributed by atoms with Gasteiger partial charge in [0.15, 0.2) is 0 Å². The number of hydrogen-bond donors (Lipinski definition) is 1. The van der Waals surface area contributed by atoms with Gasteiger partial charge in [-0.25, -0.2) is 0 Å². The zero-order valence-corrected chi connectivity index (χ0v) is 11.1. The van der Waals surface area contributed by atoms with Crippen LogP contribution in [0.1, 0.15) is 30.1 Å². The van der Waals surface area contributed by atoms with Crippen LogP contribution in [0.3, 0.4) is 0 Å². The number of aromatic nitrogens is 1. The number of piperidine rings is 1. The first-order valence-corrected chi connectivity index (χ1v) is 6.52. The summed E-state index contributed by atoms with van der Waals surface area (Å²) in [5.74, 6) is 0.464. The van der Waals surface area contributed by atoms with Gasteiger partial charge < -0.3 is 10.2 Å². The lowest BCUT2D eigenvalue weighted by molar-refractivity contribution is -0.130. The normalized spacial score (nSPS) is 16.2. The standard InChI is InChI=1S/C14H18N3O2/c1-11(18)17-8-4-12(5-9-17)10-16-14(19)13-2-6-15-7-3-13/h2,6-7,12H,4-5,8-10H2,1H3,(H,16,19). The van der Waals surface area contributed by atoms with Crippen molar-refractivity contribution in [2.24, 2.45) is 5.92 Å². The second-order valence-corrected chi connectivity index (χ2v) is 4.81. The van der Waals surface area contributed by atoms with Crippen molar-refractivity contribution in [1.82, 2.24) is 15.2 Å². The Morgan fingerprint density at radius 2 is 2.21 bits per heavy atom. The number of hydrogen-bond acceptors (Lipinski definition) is 3. The maximum absolute atomic E-state index is 11.8. The van der Waals surface area contributed by atoms with Crippen molar-refractivity contribution in [2.75, 3.05) is 19.6 Å². The molecule has 1 radical (unpaired) electrons. The minimum atomic E-state index is -0.114. The molecule has 0 saturated carbocycles. The second-order valence-electron chi connectivity index (χ2n) is 4.81. The van der Waals surface area contributed by atoms with Crippen molar-refractivity contribution in [3.63, 3.8) is 0 Å². The van der Waals surface area contributed by atoms with Gasteiger partial charge in [0, 0.05) is 45.0 Å². The van der Waals surface area contributed by atoms with Crippen LogP contribution in [0.4, 0.5) is 0 Å². The number of nitrogens with one attached hydrogen (secondary N) is 1. The lowest BCUT2D eigenvalue weighted by Crippen LogP contribution is -2.40. The van der Waals surface area contributed by atoms with E-state index < -0.39 is 0 Å². The van der Waals surface area contributed by atoms with Crippen molar-refractivity contribution in [3.8, 4) is 0 Å². The molecule has 101 valence electrons. The van der Waals surface area contributed by atoms with Gasteiger partial charge >= 0.3 is 0 Å². The summed E-state index contributed by atoms with van der Waals surface area (Å²) in [6, 6.07) is 4.45. The molecule has 1 aromatic rings. The summed E-state index contributed by atoms with van der Waals surface area (Å²) in [5.41, 5.74) is 0.510. The molecule has 1 saturated heterocycles. The molecule has 0 atom stereocenters. The van der Waals surface area contributed by atoms with Gasteiger partial charge in [-0.15, -0.1) is 0 Å². The summed E-state index contributed by atoms with van der Waals surface area (Å²) >= 11 is 0. The lowest BCUT2D eigenvalue weighted by atomic mass is 9.96. The van der Waals surface area contributed by atoms with E-state index in [1.165, 1.54) is 6.20 Å². The van der Waals surface area contributed by atoms with Crippen molar-refractivity contribution in [3.05, 3.63) is 30.1 Å². The van der Waals surface area contributed by atoms with Crippen LogP contribution in [-0.2, 0) is 4.79 Å². The highest BCUT2D eigenvalue weighted by atomic mass is 16.2. The molecule has 1 fully saturated rings. The van der Waals surface area contributed by atoms with Crippen LogP contribution in [0, 0.1) is 12.0 Å². The molecule has 5 nitrogen and oxygen atoms in total. The third-order valence-corrected chi connectivity index (χ3v) is 3.48. The van der Waals surface area contributed by atoms with Gasteiger partial charge in [-0.05, 0) is 24.8 Å². The average molecular weight is 260 g/mol. The first-order valence-electron chi connectivity index (χ1n) is 6.52. The zero-order valence-electron chi connectivity index (χ0n) is 11.1. The molecule has 1 aliphatic rings. The largest absolute Gasteiger partial charge is 0.352 e. The topological polar surface area (TPSA) is 62.3 Å². The molecule has 1 aliphatic heterocycles. The van der Waals surface area contributed by atoms with Gasteiger partial charge in [-0.1, -0.05) is 0 Å². The second kappa shape index (κ2) is 6.31. The highest BCUT2D eigenvalue weighted by Gasteiger charge is 2.21. The summed E-state index contributed by atoms with van der Waals surface area (Å²) < 4.78 is 0. The van der Waals surface area contributed by atoms with E-state index in [4.69, 9.17) is 0 Å². The Bertz CT molecular complexity index is 439. The number of amides is 2. The minimum Gasteiger partial charge on any atom is -0.352 e. The molecule has 2 rings (SSSR count). The van der Waals surface area contributed by atoms with Crippen LogP contribution in [0.15, 0.2) is 18.5 Å². The van der Waals surface area contributed by atoms with Crippen LogP contribution in [0.2, 0.25) is 0 Å². The highest BCUT2D eigenvalue weighted by molar-refractivity contribution is 5.93. The van der Waals surface area contributed by atoms with Crippen molar-refractivity contribution >= 4 is 11.8 Å². The van der Waals surface area contributed by atoms with E-state index in [1.807, 2.05) is 4.90 Å². The fourth-order valence-corrected chi connectivity index (χ4v) is 2.24. The van der Waals surface area contributed by atoms with Crippen molar-refractivity contribution < 1.29 is 9.59 Å². The monoisotopic (exact) mass is 260 g/mol. The molecule has 1 aromatic heterocycles. The Morgan fingerprint density at radius 1 is 1.47 bits per heavy atom. The SMILES string of the molecule is CC(=O)N1CCC(CNC(=O)c2[c]cncc2)CC1. The molecular weight excluding hydrogens is 242 g/mol. The number of nitrogens with zero attached hydrogens (tertiary/aromatic N) is 2. The molecule has 2 amide bonds. The molecule has 0 unspecified atom stereocenters. The fraction of sp³-hybridized carbons (Fsp3) is 0.500. The summed E-state index contributed by atoms with van der Waals surface area (Å²) in [4.78, 5) is 28.7. The molecule has 1 N–H and O–H groups in total. The number of pyridine rings is 1. The Kier molecular flexibility index (Phi) is 4.49. The van der Waals surface area contributed by atoms with Gasteiger partial charge in [0.2, 0.25) is 5.91 Å². The van der Waals surface area contributed by atoms with Crippen molar-refractivity contribution in [1.29, 1.82) is 0 Å². The maximum Gasteiger partial charge on any atom is 0.252 e. The number of carbonyl (C=O) groups is 2. The Balaban J connectivity index is 1.75. The van der Waals surface area contributed by atoms with Crippen molar-refractivity contribution in [2.45, 2.75) is 19.8 Å². The number of rotatable bonds is 3. The third kappa shape index (κ3) is 3.77. The van der Waals surface area contributed by atoms with Gasteiger partial charge in [0.05, 0.1) is 5.56 Å². The van der Waals surface area contributed by atoms with E-state index in [0.717, 1.165) is 25.9 Å². The van der Waals surface area contributed by atoms with Crippen LogP contribution < -0.4 is 5.32 Å². The summed E-state index contributed by atoms with van der Waals surface area (Å²) in [6.07, 6.45) is 4.96. The van der Waals surface area contributed by atoms with Gasteiger partial charge in [0.1, 0.15) is 0 Å². The predicted octanol–water partition coefficient (Wildman–Crippen LogP) is 0.870. The molecule has 0 aliphatic carbocycles. The maximum atomic E-state index is 11.8. The Labute approximate surface area is 113 Å². The molecular formula is C14H18N3O2. The molecule has 0 bridgehead atoms. The van der Waals surface area contributed by atoms with Crippen LogP contribution in [-0.4, -0.2) is 41.3 Å². The first-order chi connectivity index (χ1) is 9.16. The molecule has 2 heterocycles. The molecule has 19 heavy (non-hydrogen) atoms. The zero-order chi connectivity index (χ0) is 13.7. The first kappa shape index (κ1) is 13.5. The third-order valence-electron chi connectivity index (χ3n) is 3.48. The average Bonchev–Trinajstić information content (AvgIpc) is 2.46. The van der Waals surface area contributed by atoms with E-state index in [-0.39, 0.29) is 11.8 Å². The van der Waals surface area contributed by atoms with E-state index in [2.05, 4.69) is 16.4 Å². The summed E-state index contributed by atoms with van der Waals surface area (Å²) in [6.45, 7) is 3.83. The number of likely N-dealkylation sites (tertiary alicyclic amines) is 1. The molecule has 0 aromatic carbocycles. The summed E-state index contributed by atoms with van der Waals surface area (Å²) in [5, 5.41) is 2.91. The highest BCUT2D eigenvalue weighted by Crippen LogP contribution is 2.16. The van der Waals surface area contributed by atoms with Gasteiger partial charge in [-0.2, -0.15) is 0 Å². The predicted molar refractivity (Wildman–Crippen MR) is 70.4 cm³/mol. The van der Waals surface area contributed by atoms with E-state index in [0.29, 0.717) is 18.0 Å². The van der Waals surface area contributed by atoms with E-state index >= 15 is 0 Å². The number of carbonyl (C=O) groups excluding carboxylic acids is 2. The Hall–Kier alpha value is -1.91. The van der Waals surface area contributed by atoms with E-state index in [9.17, 15) is 9.59 Å². The van der Waals surface area contributed by atoms with E-state index in [1.54, 1.807) is 19.2 Å². The smallest absolute Gasteiger partial charge is 0.252 e. The van der Waals surface area contributed by atoms with Crippen LogP contribution in [0.25, 0.3) is 0 Å². The lowest BCUT2D eigenvalue weighted by Gasteiger charge is -2.31. The quantitative estimate of drug-likeness (QED) is 0.877. The van der Waals surface area contributed by atoms with Gasteiger partial charge in [-0.3, -0.25) is 14.6 Å². The van der Waals surface area contributed by atoms with Crippen LogP contribution in [0.5, 0.6) is 0 Å². The van der Waals surface area contributed by atoms with Crippen LogP contribution >= 0.6 is 0 Å². The Morgan fingerprint density at radius 3 is 2.79 bits per heavy atom.